The number of aliphatic carboxylic acids is 1. The molecule has 4 aromatic heterocycles. The van der Waals surface area contributed by atoms with E-state index in [4.69, 9.17) is 25.6 Å². The standard InChI is InChI=1S/C41H44ClN5O8S2/c1-47(25-9-11-26(12-10-25)54-41(40(51)52,34-6-4-18-56-34)35-7-5-19-57-35)17-3-8-37-45-39(46-55-37)29-21-33(53-2)24(20-30(29)42)22-43-23-32(49)27-13-15-31(48)38-28(27)14-16-36(50)44-38/h4-7,13-16,18-21,25-26,32,43,48-49H,3,8-12,17,22-23H2,1-2H3,(H,44,50)(H,51,52)/t25-,26-,32-/m0/s1. The molecule has 1 saturated carbocycles. The van der Waals surface area contributed by atoms with Gasteiger partial charge in [-0.2, -0.15) is 4.98 Å². The van der Waals surface area contributed by atoms with Gasteiger partial charge in [0.25, 0.3) is 0 Å². The van der Waals surface area contributed by atoms with Gasteiger partial charge < -0.3 is 44.5 Å². The number of H-pyrrole nitrogens is 1. The Labute approximate surface area is 341 Å². The van der Waals surface area contributed by atoms with Crippen LogP contribution in [0.1, 0.15) is 65.0 Å². The zero-order valence-electron chi connectivity index (χ0n) is 31.4. The van der Waals surface area contributed by atoms with Crippen LogP contribution in [-0.4, -0.2) is 80.7 Å². The van der Waals surface area contributed by atoms with Crippen molar-refractivity contribution in [3.8, 4) is 22.9 Å². The van der Waals surface area contributed by atoms with E-state index in [1.807, 2.05) is 35.0 Å². The number of aryl methyl sites for hydroxylation is 1. The van der Waals surface area contributed by atoms with Crippen LogP contribution in [0.3, 0.4) is 0 Å². The number of aromatic hydroxyl groups is 1. The van der Waals surface area contributed by atoms with Crippen LogP contribution in [0.25, 0.3) is 22.3 Å². The third-order valence-corrected chi connectivity index (χ3v) is 12.8. The van der Waals surface area contributed by atoms with Gasteiger partial charge in [0.2, 0.25) is 22.9 Å². The second-order valence-electron chi connectivity index (χ2n) is 14.2. The summed E-state index contributed by atoms with van der Waals surface area (Å²) in [5.41, 5.74) is 0.320. The molecule has 4 heterocycles. The molecule has 1 aliphatic carbocycles. The van der Waals surface area contributed by atoms with E-state index >= 15 is 0 Å². The lowest BCUT2D eigenvalue weighted by Crippen LogP contribution is -2.44. The Hall–Kier alpha value is -4.61. The van der Waals surface area contributed by atoms with E-state index < -0.39 is 17.7 Å². The van der Waals surface area contributed by atoms with E-state index in [2.05, 4.69) is 32.4 Å². The summed E-state index contributed by atoms with van der Waals surface area (Å²) in [7, 11) is 3.68. The fraction of sp³-hybridized carbons (Fsp3) is 0.366. The van der Waals surface area contributed by atoms with E-state index in [9.17, 15) is 24.9 Å². The van der Waals surface area contributed by atoms with Crippen LogP contribution < -0.4 is 15.6 Å². The quantitative estimate of drug-likeness (QED) is 0.0629. The minimum absolute atomic E-state index is 0.0722. The predicted molar refractivity (Wildman–Crippen MR) is 219 cm³/mol. The first-order chi connectivity index (χ1) is 27.6. The van der Waals surface area contributed by atoms with Crippen LogP contribution in [0.4, 0.5) is 0 Å². The van der Waals surface area contributed by atoms with Crippen LogP contribution in [0.2, 0.25) is 5.02 Å². The highest BCUT2D eigenvalue weighted by Crippen LogP contribution is 2.42. The zero-order valence-corrected chi connectivity index (χ0v) is 33.8. The molecule has 1 aliphatic rings. The summed E-state index contributed by atoms with van der Waals surface area (Å²) in [6, 6.07) is 17.3. The number of ether oxygens (including phenoxy) is 2. The highest BCUT2D eigenvalue weighted by Gasteiger charge is 2.48. The Morgan fingerprint density at radius 3 is 2.51 bits per heavy atom. The van der Waals surface area contributed by atoms with Crippen LogP contribution in [0.5, 0.6) is 11.5 Å². The summed E-state index contributed by atoms with van der Waals surface area (Å²) < 4.78 is 17.8. The van der Waals surface area contributed by atoms with Crippen LogP contribution in [0.15, 0.2) is 80.7 Å². The number of phenolic OH excluding ortho intramolecular Hbond substituents is 1. The fourth-order valence-electron chi connectivity index (χ4n) is 7.54. The highest BCUT2D eigenvalue weighted by molar-refractivity contribution is 7.12. The average Bonchev–Trinajstić information content (AvgIpc) is 4.03. The SMILES string of the molecule is COc1cc(-c2noc(CCCN(C)[C@H]3CC[C@H](OC(C(=O)O)(c4cccs4)c4cccs4)CC3)n2)c(Cl)cc1CNC[C@H](O)c1ccc(O)c2[nH]c(=O)ccc12. The first-order valence-corrected chi connectivity index (χ1v) is 20.8. The van der Waals surface area contributed by atoms with Crippen LogP contribution >= 0.6 is 34.3 Å². The maximum atomic E-state index is 12.8. The number of aliphatic hydroxyl groups is 1. The predicted octanol–water partition coefficient (Wildman–Crippen LogP) is 7.11. The number of rotatable bonds is 17. The molecule has 0 radical (unpaired) electrons. The largest absolute Gasteiger partial charge is 0.506 e. The van der Waals surface area contributed by atoms with Gasteiger partial charge in [0.05, 0.1) is 39.6 Å². The number of methoxy groups -OCH3 is 1. The second kappa shape index (κ2) is 17.9. The molecule has 7 rings (SSSR count). The zero-order chi connectivity index (χ0) is 40.1. The number of hydrogen-bond acceptors (Lipinski definition) is 13. The molecule has 6 aromatic rings. The molecule has 0 spiro atoms. The van der Waals surface area contributed by atoms with Gasteiger partial charge in [-0.05, 0) is 98.4 Å². The van der Waals surface area contributed by atoms with Gasteiger partial charge in [-0.25, -0.2) is 4.79 Å². The first-order valence-electron chi connectivity index (χ1n) is 18.7. The summed E-state index contributed by atoms with van der Waals surface area (Å²) >= 11 is 9.54. The van der Waals surface area contributed by atoms with Gasteiger partial charge in [0, 0.05) is 48.1 Å². The van der Waals surface area contributed by atoms with Crippen molar-refractivity contribution in [1.82, 2.24) is 25.3 Å². The van der Waals surface area contributed by atoms with Gasteiger partial charge in [0.15, 0.2) is 0 Å². The molecule has 0 bridgehead atoms. The summed E-state index contributed by atoms with van der Waals surface area (Å²) in [6.07, 6.45) is 3.66. The Morgan fingerprint density at radius 2 is 1.84 bits per heavy atom. The van der Waals surface area contributed by atoms with E-state index in [0.717, 1.165) is 44.2 Å². The Bertz CT molecular complexity index is 2310. The van der Waals surface area contributed by atoms with Crippen molar-refractivity contribution in [3.05, 3.63) is 114 Å². The molecule has 0 unspecified atom stereocenters. The number of fused-ring (bicyclic) bond motifs is 1. The molecule has 1 fully saturated rings. The summed E-state index contributed by atoms with van der Waals surface area (Å²) in [5, 5.41) is 43.8. The van der Waals surface area contributed by atoms with E-state index in [-0.39, 0.29) is 29.5 Å². The minimum atomic E-state index is -1.49. The number of phenols is 1. The molecule has 2 aromatic carbocycles. The van der Waals surface area contributed by atoms with Crippen molar-refractivity contribution in [2.45, 2.75) is 68.9 Å². The normalized spacial score (nSPS) is 16.6. The lowest BCUT2D eigenvalue weighted by molar-refractivity contribution is -0.170. The summed E-state index contributed by atoms with van der Waals surface area (Å²) in [6.45, 7) is 1.34. The maximum Gasteiger partial charge on any atom is 0.347 e. The number of aliphatic hydroxyl groups excluding tert-OH is 1. The number of pyridine rings is 1. The fourth-order valence-corrected chi connectivity index (χ4v) is 9.62. The minimum Gasteiger partial charge on any atom is -0.506 e. The number of halogens is 1. The second-order valence-corrected chi connectivity index (χ2v) is 16.5. The number of benzene rings is 2. The molecule has 0 amide bonds. The number of hydrogen-bond donors (Lipinski definition) is 5. The van der Waals surface area contributed by atoms with Crippen LogP contribution in [0, 0.1) is 0 Å². The molecule has 57 heavy (non-hydrogen) atoms. The van der Waals surface area contributed by atoms with E-state index in [1.165, 1.54) is 34.8 Å². The molecule has 300 valence electrons. The maximum absolute atomic E-state index is 12.8. The van der Waals surface area contributed by atoms with Gasteiger partial charge in [0.1, 0.15) is 11.5 Å². The number of carbonyl (C=O) groups is 1. The van der Waals surface area contributed by atoms with Gasteiger partial charge >= 0.3 is 5.97 Å². The third-order valence-electron chi connectivity index (χ3n) is 10.5. The molecule has 0 saturated heterocycles. The van der Waals surface area contributed by atoms with Crippen molar-refractivity contribution in [2.75, 3.05) is 27.2 Å². The van der Waals surface area contributed by atoms with Gasteiger partial charge in [-0.1, -0.05) is 35.0 Å². The topological polar surface area (TPSA) is 183 Å². The molecule has 13 nitrogen and oxygen atoms in total. The van der Waals surface area contributed by atoms with Crippen LogP contribution in [-0.2, 0) is 28.1 Å². The third kappa shape index (κ3) is 8.79. The number of nitrogens with one attached hydrogen (secondary N) is 2. The number of aromatic amines is 1. The van der Waals surface area contributed by atoms with Crippen molar-refractivity contribution >= 4 is 51.1 Å². The Kier molecular flexibility index (Phi) is 12.7. The molecule has 0 aliphatic heterocycles. The lowest BCUT2D eigenvalue weighted by atomic mass is 9.90. The monoisotopic (exact) mass is 833 g/mol. The molecule has 5 N–H and O–H groups in total. The number of nitrogens with zero attached hydrogens (tertiary/aromatic N) is 3. The summed E-state index contributed by atoms with van der Waals surface area (Å²) in [5.74, 6) is 0.359. The van der Waals surface area contributed by atoms with Crippen molar-refractivity contribution in [2.24, 2.45) is 0 Å². The molecular formula is C41H44ClN5O8S2. The average molecular weight is 834 g/mol. The number of thiophene rings is 2. The highest BCUT2D eigenvalue weighted by atomic mass is 35.5. The summed E-state index contributed by atoms with van der Waals surface area (Å²) in [4.78, 5) is 35.5. The number of carboxylic acid groups (broad SMARTS) is 1. The number of aromatic nitrogens is 3. The molecular weight excluding hydrogens is 790 g/mol. The molecule has 1 atom stereocenters. The van der Waals surface area contributed by atoms with Crippen molar-refractivity contribution < 1.29 is 34.1 Å². The van der Waals surface area contributed by atoms with Gasteiger partial charge in [-0.15, -0.1) is 22.7 Å². The lowest BCUT2D eigenvalue weighted by Gasteiger charge is -2.38. The van der Waals surface area contributed by atoms with Crippen molar-refractivity contribution in [1.29, 1.82) is 0 Å². The Morgan fingerprint density at radius 1 is 1.11 bits per heavy atom. The Balaban J connectivity index is 0.901. The van der Waals surface area contributed by atoms with Crippen molar-refractivity contribution in [3.63, 3.8) is 0 Å². The number of carboxylic acids is 1. The van der Waals surface area contributed by atoms with E-state index in [1.54, 1.807) is 31.4 Å². The van der Waals surface area contributed by atoms with Gasteiger partial charge in [-0.3, -0.25) is 4.79 Å². The smallest absolute Gasteiger partial charge is 0.347 e. The first kappa shape index (κ1) is 40.6. The molecule has 16 heteroatoms. The van der Waals surface area contributed by atoms with E-state index in [0.29, 0.717) is 67.8 Å².